The first kappa shape index (κ1) is 35.1. The van der Waals surface area contributed by atoms with E-state index in [1.807, 2.05) is 53.7 Å². The highest BCUT2D eigenvalue weighted by Crippen LogP contribution is 2.33. The summed E-state index contributed by atoms with van der Waals surface area (Å²) in [5.74, 6) is 0.588. The molecular weight excluding hydrogens is 660 g/mol. The van der Waals surface area contributed by atoms with E-state index in [1.165, 1.54) is 5.56 Å². The smallest absolute Gasteiger partial charge is 0.274 e. The summed E-state index contributed by atoms with van der Waals surface area (Å²) >= 11 is 0. The molecule has 3 fully saturated rings. The van der Waals surface area contributed by atoms with Crippen molar-refractivity contribution in [2.45, 2.75) is 76.4 Å². The van der Waals surface area contributed by atoms with Crippen molar-refractivity contribution in [3.63, 3.8) is 0 Å². The average Bonchev–Trinajstić information content (AvgIpc) is 3.56. The van der Waals surface area contributed by atoms with Gasteiger partial charge >= 0.3 is 0 Å². The molecule has 0 spiro atoms. The second-order valence-electron chi connectivity index (χ2n) is 14.3. The van der Waals surface area contributed by atoms with Crippen LogP contribution >= 0.6 is 0 Å². The van der Waals surface area contributed by atoms with Crippen molar-refractivity contribution in [3.05, 3.63) is 84.1 Å². The molecule has 4 aromatic rings. The first-order valence-corrected chi connectivity index (χ1v) is 18.3. The average molecular weight is 707 g/mol. The standard InChI is InChI=1S/C39H46N8O5/c1-25(2)52-34-21-35-42-32(22-47(35)23-33(34)43-38(50)30-5-3-4-16-40-30)28-12-17-45(18-13-28)24-37(49)46-19-14-27(15-20-46)26-6-8-29(9-7-26)41-31-10-11-36(48)44-39(31)51/h3-9,16,21-23,25,27-28,31,41H,10-15,17-20,24H2,1-2H3,(H,43,50)(H,44,48,51). The summed E-state index contributed by atoms with van der Waals surface area (Å²) in [7, 11) is 0. The summed E-state index contributed by atoms with van der Waals surface area (Å²) in [5.41, 5.74) is 4.72. The van der Waals surface area contributed by atoms with Crippen molar-refractivity contribution in [2.75, 3.05) is 43.4 Å². The van der Waals surface area contributed by atoms with Gasteiger partial charge in [0.05, 0.1) is 18.3 Å². The lowest BCUT2D eigenvalue weighted by atomic mass is 9.89. The van der Waals surface area contributed by atoms with Crippen molar-refractivity contribution in [1.29, 1.82) is 0 Å². The zero-order valence-electron chi connectivity index (χ0n) is 29.7. The molecule has 0 saturated carbocycles. The van der Waals surface area contributed by atoms with Gasteiger partial charge in [0.25, 0.3) is 5.91 Å². The largest absolute Gasteiger partial charge is 0.489 e. The third-order valence-corrected chi connectivity index (χ3v) is 10.3. The maximum absolute atomic E-state index is 13.3. The molecule has 3 saturated heterocycles. The second-order valence-corrected chi connectivity index (χ2v) is 14.3. The van der Waals surface area contributed by atoms with E-state index in [0.717, 1.165) is 68.9 Å². The van der Waals surface area contributed by atoms with Crippen molar-refractivity contribution >= 4 is 40.7 Å². The van der Waals surface area contributed by atoms with Crippen LogP contribution in [0.3, 0.4) is 0 Å². The van der Waals surface area contributed by atoms with E-state index in [1.54, 1.807) is 24.4 Å². The van der Waals surface area contributed by atoms with Crippen LogP contribution in [0, 0.1) is 0 Å². The number of likely N-dealkylation sites (tertiary alicyclic amines) is 2. The van der Waals surface area contributed by atoms with Crippen LogP contribution in [0.4, 0.5) is 11.4 Å². The van der Waals surface area contributed by atoms with Gasteiger partial charge in [-0.1, -0.05) is 18.2 Å². The van der Waals surface area contributed by atoms with Gasteiger partial charge in [0.1, 0.15) is 28.8 Å². The van der Waals surface area contributed by atoms with Gasteiger partial charge in [-0.25, -0.2) is 4.98 Å². The van der Waals surface area contributed by atoms with Gasteiger partial charge in [-0.15, -0.1) is 0 Å². The van der Waals surface area contributed by atoms with Gasteiger partial charge < -0.3 is 24.7 Å². The Morgan fingerprint density at radius 2 is 1.69 bits per heavy atom. The third kappa shape index (κ3) is 8.25. The molecule has 13 heteroatoms. The lowest BCUT2D eigenvalue weighted by molar-refractivity contribution is -0.134. The molecule has 3 aliphatic rings. The predicted octanol–water partition coefficient (Wildman–Crippen LogP) is 4.57. The fourth-order valence-corrected chi connectivity index (χ4v) is 7.39. The fourth-order valence-electron chi connectivity index (χ4n) is 7.39. The van der Waals surface area contributed by atoms with Crippen LogP contribution in [-0.2, 0) is 14.4 Å². The fraction of sp³-hybridized carbons (Fsp3) is 0.436. The van der Waals surface area contributed by atoms with Crippen LogP contribution in [0.1, 0.15) is 86.0 Å². The quantitative estimate of drug-likeness (QED) is 0.202. The summed E-state index contributed by atoms with van der Waals surface area (Å²) in [6.07, 6.45) is 9.87. The minimum atomic E-state index is -0.401. The second kappa shape index (κ2) is 15.5. The van der Waals surface area contributed by atoms with Crippen molar-refractivity contribution in [3.8, 4) is 5.75 Å². The third-order valence-electron chi connectivity index (χ3n) is 10.3. The number of piperidine rings is 3. The van der Waals surface area contributed by atoms with Crippen molar-refractivity contribution in [1.82, 2.24) is 29.5 Å². The van der Waals surface area contributed by atoms with Crippen LogP contribution < -0.4 is 20.7 Å². The number of fused-ring (bicyclic) bond motifs is 1. The summed E-state index contributed by atoms with van der Waals surface area (Å²) < 4.78 is 7.99. The number of hydrogen-bond acceptors (Lipinski definition) is 9. The molecule has 3 aromatic heterocycles. The topological polar surface area (TPSA) is 150 Å². The molecule has 3 aliphatic heterocycles. The maximum atomic E-state index is 13.3. The van der Waals surface area contributed by atoms with E-state index in [4.69, 9.17) is 9.72 Å². The lowest BCUT2D eigenvalue weighted by Crippen LogP contribution is -2.47. The monoisotopic (exact) mass is 706 g/mol. The van der Waals surface area contributed by atoms with Crippen LogP contribution in [0.25, 0.3) is 5.65 Å². The summed E-state index contributed by atoms with van der Waals surface area (Å²) in [5, 5.41) is 8.57. The molecule has 6 heterocycles. The van der Waals surface area contributed by atoms with Crippen LogP contribution in [0.2, 0.25) is 0 Å². The number of imide groups is 1. The maximum Gasteiger partial charge on any atom is 0.274 e. The number of hydrogen-bond donors (Lipinski definition) is 3. The number of rotatable bonds is 10. The Balaban J connectivity index is 0.892. The minimum absolute atomic E-state index is 0.0871. The zero-order chi connectivity index (χ0) is 36.2. The Bertz CT molecular complexity index is 1910. The number of anilines is 2. The number of nitrogens with zero attached hydrogens (tertiary/aromatic N) is 5. The Morgan fingerprint density at radius 3 is 2.38 bits per heavy atom. The Morgan fingerprint density at radius 1 is 0.942 bits per heavy atom. The van der Waals surface area contributed by atoms with E-state index in [9.17, 15) is 19.2 Å². The molecule has 1 unspecified atom stereocenters. The molecular formula is C39H46N8O5. The van der Waals surface area contributed by atoms with E-state index in [-0.39, 0.29) is 35.7 Å². The van der Waals surface area contributed by atoms with Gasteiger partial charge in [0, 0.05) is 55.8 Å². The van der Waals surface area contributed by atoms with Crippen molar-refractivity contribution in [2.24, 2.45) is 0 Å². The number of carbonyl (C=O) groups is 4. The number of aromatic nitrogens is 3. The van der Waals surface area contributed by atoms with E-state index < -0.39 is 6.04 Å². The number of imidazole rings is 1. The molecule has 0 bridgehead atoms. The molecule has 7 rings (SSSR count). The first-order chi connectivity index (χ1) is 25.2. The number of benzene rings is 1. The van der Waals surface area contributed by atoms with Gasteiger partial charge in [-0.2, -0.15) is 0 Å². The molecule has 0 aliphatic carbocycles. The molecule has 4 amide bonds. The molecule has 1 atom stereocenters. The molecule has 52 heavy (non-hydrogen) atoms. The number of ether oxygens (including phenoxy) is 1. The Kier molecular flexibility index (Phi) is 10.5. The highest BCUT2D eigenvalue weighted by molar-refractivity contribution is 6.03. The molecule has 13 nitrogen and oxygen atoms in total. The SMILES string of the molecule is CC(C)Oc1cc2nc(C3CCN(CC(=O)N4CCC(c5ccc(NC6CCC(=O)NC6=O)cc5)CC4)CC3)cn2cc1NC(=O)c1ccccn1. The Labute approximate surface area is 303 Å². The van der Waals surface area contributed by atoms with Crippen molar-refractivity contribution < 1.29 is 23.9 Å². The normalized spacial score (nSPS) is 19.1. The molecule has 3 N–H and O–H groups in total. The highest BCUT2D eigenvalue weighted by atomic mass is 16.5. The van der Waals surface area contributed by atoms with Crippen LogP contribution in [0.15, 0.2) is 67.1 Å². The number of carbonyl (C=O) groups excluding carboxylic acids is 4. The number of pyridine rings is 2. The van der Waals surface area contributed by atoms with Gasteiger partial charge in [-0.3, -0.25) is 34.4 Å². The Hall–Kier alpha value is -5.30. The lowest BCUT2D eigenvalue weighted by Gasteiger charge is -2.35. The minimum Gasteiger partial charge on any atom is -0.489 e. The summed E-state index contributed by atoms with van der Waals surface area (Å²) in [6, 6.07) is 14.9. The number of amides is 4. The summed E-state index contributed by atoms with van der Waals surface area (Å²) in [6.45, 7) is 7.45. The first-order valence-electron chi connectivity index (χ1n) is 18.3. The molecule has 272 valence electrons. The molecule has 1 aromatic carbocycles. The highest BCUT2D eigenvalue weighted by Gasteiger charge is 2.29. The van der Waals surface area contributed by atoms with Crippen LogP contribution in [0.5, 0.6) is 5.75 Å². The van der Waals surface area contributed by atoms with Gasteiger partial charge in [0.15, 0.2) is 0 Å². The van der Waals surface area contributed by atoms with E-state index >= 15 is 0 Å². The number of nitrogens with one attached hydrogen (secondary N) is 3. The van der Waals surface area contributed by atoms with Gasteiger partial charge in [-0.05, 0) is 94.8 Å². The van der Waals surface area contributed by atoms with E-state index in [0.29, 0.717) is 42.4 Å². The predicted molar refractivity (Wildman–Crippen MR) is 196 cm³/mol. The summed E-state index contributed by atoms with van der Waals surface area (Å²) in [4.78, 5) is 63.1. The zero-order valence-corrected chi connectivity index (χ0v) is 29.7. The molecule has 0 radical (unpaired) electrons. The van der Waals surface area contributed by atoms with E-state index in [2.05, 4.69) is 38.0 Å². The van der Waals surface area contributed by atoms with Gasteiger partial charge in [0.2, 0.25) is 17.7 Å². The van der Waals surface area contributed by atoms with Crippen LogP contribution in [-0.4, -0.2) is 92.7 Å².